The second kappa shape index (κ2) is 10.7. The first-order valence-electron chi connectivity index (χ1n) is 10.8. The minimum Gasteiger partial charge on any atom is -0.453 e. The van der Waals surface area contributed by atoms with E-state index in [0.29, 0.717) is 44.0 Å². The van der Waals surface area contributed by atoms with Gasteiger partial charge in [-0.05, 0) is 41.5 Å². The van der Waals surface area contributed by atoms with Crippen molar-refractivity contribution < 1.29 is 18.8 Å². The number of ether oxygens (including phenoxy) is 1. The number of piperazine rings is 1. The van der Waals surface area contributed by atoms with Crippen LogP contribution in [0.2, 0.25) is 0 Å². The second-order valence-electron chi connectivity index (χ2n) is 7.84. The molecule has 0 spiro atoms. The summed E-state index contributed by atoms with van der Waals surface area (Å²) in [5, 5.41) is 10.9. The molecule has 2 aromatic carbocycles. The number of benzene rings is 2. The average Bonchev–Trinajstić information content (AvgIpc) is 2.85. The van der Waals surface area contributed by atoms with Crippen molar-refractivity contribution in [3.8, 4) is 11.5 Å². The van der Waals surface area contributed by atoms with Crippen molar-refractivity contribution in [1.29, 1.82) is 0 Å². The van der Waals surface area contributed by atoms with Crippen LogP contribution in [0, 0.1) is 15.9 Å². The van der Waals surface area contributed by atoms with Crippen molar-refractivity contribution in [1.82, 2.24) is 14.8 Å². The summed E-state index contributed by atoms with van der Waals surface area (Å²) in [6, 6.07) is 14.5. The van der Waals surface area contributed by atoms with Gasteiger partial charge in [-0.2, -0.15) is 0 Å². The Hall–Kier alpha value is -4.11. The maximum Gasteiger partial charge on any atom is 0.269 e. The largest absolute Gasteiger partial charge is 0.453 e. The molecule has 1 saturated heterocycles. The zero-order chi connectivity index (χ0) is 23.9. The minimum absolute atomic E-state index is 0.0737. The van der Waals surface area contributed by atoms with E-state index >= 15 is 0 Å². The Kier molecular flexibility index (Phi) is 7.24. The third-order valence-electron chi connectivity index (χ3n) is 5.45. The lowest BCUT2D eigenvalue weighted by Crippen LogP contribution is -2.47. The van der Waals surface area contributed by atoms with Crippen LogP contribution in [0.4, 0.5) is 10.1 Å². The number of hydrogen-bond donors (Lipinski definition) is 0. The molecule has 0 bridgehead atoms. The molecule has 0 saturated carbocycles. The number of pyridine rings is 1. The number of non-ortho nitro benzene ring substituents is 1. The fourth-order valence-corrected chi connectivity index (χ4v) is 3.66. The molecule has 8 nitrogen and oxygen atoms in total. The van der Waals surface area contributed by atoms with E-state index < -0.39 is 10.7 Å². The first-order chi connectivity index (χ1) is 16.5. The van der Waals surface area contributed by atoms with E-state index in [1.807, 2.05) is 6.07 Å². The number of rotatable bonds is 7. The third kappa shape index (κ3) is 6.02. The molecule has 1 aliphatic rings. The number of hydrogen-bond acceptors (Lipinski definition) is 6. The molecule has 1 aromatic heterocycles. The number of nitro benzene ring substituents is 1. The van der Waals surface area contributed by atoms with Gasteiger partial charge in [0.1, 0.15) is 5.75 Å². The summed E-state index contributed by atoms with van der Waals surface area (Å²) in [4.78, 5) is 30.9. The predicted octanol–water partition coefficient (Wildman–Crippen LogP) is 4.28. The number of aromatic nitrogens is 1. The molecule has 0 N–H and O–H groups in total. The lowest BCUT2D eigenvalue weighted by molar-refractivity contribution is -0.384. The molecule has 0 unspecified atom stereocenters. The quantitative estimate of drug-likeness (QED) is 0.296. The van der Waals surface area contributed by atoms with Gasteiger partial charge in [0.25, 0.3) is 5.69 Å². The summed E-state index contributed by atoms with van der Waals surface area (Å²) in [5.74, 6) is -0.167. The Balaban J connectivity index is 1.29. The lowest BCUT2D eigenvalue weighted by Gasteiger charge is -2.34. The van der Waals surface area contributed by atoms with Crippen LogP contribution in [0.5, 0.6) is 11.5 Å². The van der Waals surface area contributed by atoms with E-state index in [2.05, 4.69) is 9.88 Å². The minimum atomic E-state index is -0.534. The predicted molar refractivity (Wildman–Crippen MR) is 125 cm³/mol. The Morgan fingerprint density at radius 3 is 2.65 bits per heavy atom. The first kappa shape index (κ1) is 23.1. The van der Waals surface area contributed by atoms with Gasteiger partial charge in [0.05, 0.1) is 11.1 Å². The molecule has 1 fully saturated rings. The summed E-state index contributed by atoms with van der Waals surface area (Å²) in [6.45, 7) is 3.01. The van der Waals surface area contributed by atoms with Gasteiger partial charge in [0.15, 0.2) is 11.6 Å². The number of carbonyl (C=O) groups excluding carboxylic acids is 1. The van der Waals surface area contributed by atoms with Crippen LogP contribution in [0.1, 0.15) is 11.1 Å². The van der Waals surface area contributed by atoms with E-state index in [4.69, 9.17) is 4.74 Å². The lowest BCUT2D eigenvalue weighted by atomic mass is 10.1. The van der Waals surface area contributed by atoms with Gasteiger partial charge >= 0.3 is 0 Å². The van der Waals surface area contributed by atoms with Crippen molar-refractivity contribution in [2.24, 2.45) is 0 Å². The molecule has 1 amide bonds. The zero-order valence-corrected chi connectivity index (χ0v) is 18.3. The highest BCUT2D eigenvalue weighted by molar-refractivity contribution is 5.91. The molecular weight excluding hydrogens is 439 g/mol. The second-order valence-corrected chi connectivity index (χ2v) is 7.84. The van der Waals surface area contributed by atoms with E-state index in [-0.39, 0.29) is 17.3 Å². The molecule has 2 heterocycles. The van der Waals surface area contributed by atoms with Gasteiger partial charge in [0, 0.05) is 57.1 Å². The number of nitrogens with zero attached hydrogens (tertiary/aromatic N) is 4. The topological polar surface area (TPSA) is 88.8 Å². The van der Waals surface area contributed by atoms with Crippen molar-refractivity contribution in [2.45, 2.75) is 6.54 Å². The van der Waals surface area contributed by atoms with Crippen LogP contribution in [0.15, 0.2) is 73.1 Å². The molecule has 0 aliphatic carbocycles. The molecule has 4 rings (SSSR count). The summed E-state index contributed by atoms with van der Waals surface area (Å²) >= 11 is 0. The van der Waals surface area contributed by atoms with Crippen molar-refractivity contribution >= 4 is 17.7 Å². The fourth-order valence-electron chi connectivity index (χ4n) is 3.66. The number of halogens is 1. The van der Waals surface area contributed by atoms with Gasteiger partial charge in [-0.25, -0.2) is 4.39 Å². The van der Waals surface area contributed by atoms with Gasteiger partial charge in [0.2, 0.25) is 5.91 Å². The van der Waals surface area contributed by atoms with E-state index in [1.165, 1.54) is 30.5 Å². The van der Waals surface area contributed by atoms with E-state index in [0.717, 1.165) is 5.56 Å². The van der Waals surface area contributed by atoms with E-state index in [1.54, 1.807) is 47.5 Å². The first-order valence-corrected chi connectivity index (χ1v) is 10.8. The highest BCUT2D eigenvalue weighted by Crippen LogP contribution is 2.25. The molecule has 3 aromatic rings. The average molecular weight is 462 g/mol. The fraction of sp³-hybridized carbons (Fsp3) is 0.200. The van der Waals surface area contributed by atoms with Crippen LogP contribution in [0.3, 0.4) is 0 Å². The van der Waals surface area contributed by atoms with Crippen LogP contribution in [0.25, 0.3) is 6.08 Å². The van der Waals surface area contributed by atoms with E-state index in [9.17, 15) is 19.3 Å². The number of nitro groups is 1. The number of amides is 1. The summed E-state index contributed by atoms with van der Waals surface area (Å²) < 4.78 is 19.9. The highest BCUT2D eigenvalue weighted by Gasteiger charge is 2.20. The van der Waals surface area contributed by atoms with Crippen molar-refractivity contribution in [2.75, 3.05) is 26.2 Å². The van der Waals surface area contributed by atoms with Crippen LogP contribution in [-0.2, 0) is 11.3 Å². The summed E-state index contributed by atoms with van der Waals surface area (Å²) in [6.07, 6.45) is 6.11. The monoisotopic (exact) mass is 462 g/mol. The van der Waals surface area contributed by atoms with Gasteiger partial charge in [-0.1, -0.05) is 18.2 Å². The maximum atomic E-state index is 14.4. The Bertz CT molecular complexity index is 1190. The molecular formula is C25H23FN4O4. The molecule has 1 aliphatic heterocycles. The summed E-state index contributed by atoms with van der Waals surface area (Å²) in [7, 11) is 0. The molecule has 0 radical (unpaired) electrons. The Labute approximate surface area is 196 Å². The van der Waals surface area contributed by atoms with Gasteiger partial charge in [-0.3, -0.25) is 24.8 Å². The van der Waals surface area contributed by atoms with Gasteiger partial charge in [-0.15, -0.1) is 0 Å². The molecule has 34 heavy (non-hydrogen) atoms. The summed E-state index contributed by atoms with van der Waals surface area (Å²) in [5.41, 5.74) is 1.49. The molecule has 174 valence electrons. The van der Waals surface area contributed by atoms with Gasteiger partial charge < -0.3 is 9.64 Å². The van der Waals surface area contributed by atoms with Crippen LogP contribution >= 0.6 is 0 Å². The Morgan fingerprint density at radius 2 is 1.94 bits per heavy atom. The smallest absolute Gasteiger partial charge is 0.269 e. The van der Waals surface area contributed by atoms with Crippen LogP contribution < -0.4 is 4.74 Å². The van der Waals surface area contributed by atoms with Crippen LogP contribution in [-0.4, -0.2) is 51.8 Å². The van der Waals surface area contributed by atoms with Crippen molar-refractivity contribution in [3.63, 3.8) is 0 Å². The molecule has 9 heteroatoms. The maximum absolute atomic E-state index is 14.4. The SMILES string of the molecule is O=C(/C=C/c1ccc(Oc2cccnc2)c(F)c1)N1CCN(Cc2cccc([N+](=O)[O-])c2)CC1. The molecule has 0 atom stereocenters. The normalized spacial score (nSPS) is 14.3. The van der Waals surface area contributed by atoms with Crippen molar-refractivity contribution in [3.05, 3.63) is 100 Å². The Morgan fingerprint density at radius 1 is 1.12 bits per heavy atom. The standard InChI is InChI=1S/C25H23FN4O4/c26-23-16-19(6-8-24(23)34-22-5-2-10-27-17-22)7-9-25(31)29-13-11-28(12-14-29)18-20-3-1-4-21(15-20)30(32)33/h1-10,15-17H,11-14,18H2/b9-7+. The third-order valence-corrected chi connectivity index (χ3v) is 5.45. The zero-order valence-electron chi connectivity index (χ0n) is 18.3. The number of carbonyl (C=O) groups is 1. The highest BCUT2D eigenvalue weighted by atomic mass is 19.1.